The van der Waals surface area contributed by atoms with Gasteiger partial charge in [0, 0.05) is 35.5 Å². The van der Waals surface area contributed by atoms with E-state index in [1.807, 2.05) is 23.1 Å². The highest BCUT2D eigenvalue weighted by atomic mass is 79.9. The smallest absolute Gasteiger partial charge is 0.257 e. The Morgan fingerprint density at radius 2 is 2.38 bits per heavy atom. The van der Waals surface area contributed by atoms with Crippen LogP contribution in [0, 0.1) is 0 Å². The molecule has 21 heavy (non-hydrogen) atoms. The van der Waals surface area contributed by atoms with Crippen molar-refractivity contribution < 1.29 is 4.79 Å². The number of anilines is 1. The van der Waals surface area contributed by atoms with E-state index >= 15 is 0 Å². The molecule has 1 aliphatic heterocycles. The molecular formula is C15H17BrN4O. The summed E-state index contributed by atoms with van der Waals surface area (Å²) >= 11 is 3.47. The first-order valence-corrected chi connectivity index (χ1v) is 7.82. The van der Waals surface area contributed by atoms with Crippen LogP contribution in [0.4, 0.5) is 5.69 Å². The van der Waals surface area contributed by atoms with Crippen molar-refractivity contribution in [3.63, 3.8) is 0 Å². The van der Waals surface area contributed by atoms with Crippen molar-refractivity contribution >= 4 is 27.5 Å². The lowest BCUT2D eigenvalue weighted by Crippen LogP contribution is -2.45. The average molecular weight is 349 g/mol. The molecule has 1 atom stereocenters. The second kappa shape index (κ2) is 6.30. The van der Waals surface area contributed by atoms with E-state index in [0.717, 1.165) is 36.1 Å². The van der Waals surface area contributed by atoms with Crippen molar-refractivity contribution in [3.05, 3.63) is 46.7 Å². The molecule has 6 heteroatoms. The number of carbonyl (C=O) groups excluding carboxylic acids is 1. The zero-order chi connectivity index (χ0) is 14.7. The quantitative estimate of drug-likeness (QED) is 0.896. The Kier molecular flexibility index (Phi) is 4.24. The Labute approximate surface area is 131 Å². The van der Waals surface area contributed by atoms with Gasteiger partial charge in [0.2, 0.25) is 0 Å². The number of hydrogen-bond acceptors (Lipinski definition) is 3. The summed E-state index contributed by atoms with van der Waals surface area (Å²) in [5.74, 6) is 0.0458. The zero-order valence-corrected chi connectivity index (χ0v) is 13.1. The number of rotatable bonds is 3. The largest absolute Gasteiger partial charge is 0.380 e. The third-order valence-corrected chi connectivity index (χ3v) is 4.14. The molecule has 2 N–H and O–H groups in total. The molecule has 0 unspecified atom stereocenters. The fraction of sp³-hybridized carbons (Fsp3) is 0.333. The highest BCUT2D eigenvalue weighted by Crippen LogP contribution is 2.20. The summed E-state index contributed by atoms with van der Waals surface area (Å²) in [7, 11) is 0. The summed E-state index contributed by atoms with van der Waals surface area (Å²) in [6.07, 6.45) is 5.30. The molecule has 1 aromatic heterocycles. The van der Waals surface area contributed by atoms with Crippen LogP contribution in [0.2, 0.25) is 0 Å². The highest BCUT2D eigenvalue weighted by molar-refractivity contribution is 9.10. The lowest BCUT2D eigenvalue weighted by atomic mass is 10.0. The van der Waals surface area contributed by atoms with Gasteiger partial charge in [-0.3, -0.25) is 9.89 Å². The Morgan fingerprint density at radius 1 is 1.48 bits per heavy atom. The zero-order valence-electron chi connectivity index (χ0n) is 11.6. The highest BCUT2D eigenvalue weighted by Gasteiger charge is 2.24. The fourth-order valence-corrected chi connectivity index (χ4v) is 3.04. The number of aromatic amines is 1. The summed E-state index contributed by atoms with van der Waals surface area (Å²) in [6, 6.07) is 8.38. The molecule has 1 aromatic carbocycles. The van der Waals surface area contributed by atoms with Gasteiger partial charge in [-0.25, -0.2) is 0 Å². The van der Waals surface area contributed by atoms with Crippen molar-refractivity contribution in [1.82, 2.24) is 15.1 Å². The van der Waals surface area contributed by atoms with Crippen LogP contribution in [0.3, 0.4) is 0 Å². The number of hydrogen-bond donors (Lipinski definition) is 2. The fourth-order valence-electron chi connectivity index (χ4n) is 2.64. The van der Waals surface area contributed by atoms with E-state index in [4.69, 9.17) is 0 Å². The van der Waals surface area contributed by atoms with Gasteiger partial charge in [-0.05, 0) is 31.0 Å². The van der Waals surface area contributed by atoms with Crippen LogP contribution in [-0.2, 0) is 0 Å². The van der Waals surface area contributed by atoms with Gasteiger partial charge < -0.3 is 10.2 Å². The lowest BCUT2D eigenvalue weighted by molar-refractivity contribution is 0.0715. The van der Waals surface area contributed by atoms with E-state index < -0.39 is 0 Å². The topological polar surface area (TPSA) is 61.0 Å². The molecular weight excluding hydrogens is 332 g/mol. The molecule has 1 saturated heterocycles. The maximum atomic E-state index is 12.3. The summed E-state index contributed by atoms with van der Waals surface area (Å²) in [5.41, 5.74) is 1.70. The third-order valence-electron chi connectivity index (χ3n) is 3.65. The van der Waals surface area contributed by atoms with Gasteiger partial charge in [-0.2, -0.15) is 5.10 Å². The third kappa shape index (κ3) is 3.44. The van der Waals surface area contributed by atoms with Crippen LogP contribution in [-0.4, -0.2) is 40.1 Å². The number of nitrogens with zero attached hydrogens (tertiary/aromatic N) is 2. The second-order valence-electron chi connectivity index (χ2n) is 5.23. The minimum Gasteiger partial charge on any atom is -0.380 e. The van der Waals surface area contributed by atoms with Crippen molar-refractivity contribution in [2.75, 3.05) is 18.4 Å². The number of H-pyrrole nitrogens is 1. The van der Waals surface area contributed by atoms with Gasteiger partial charge in [-0.1, -0.05) is 22.0 Å². The Balaban J connectivity index is 1.64. The maximum Gasteiger partial charge on any atom is 0.257 e. The molecule has 0 aliphatic carbocycles. The number of likely N-dealkylation sites (tertiary alicyclic amines) is 1. The average Bonchev–Trinajstić information content (AvgIpc) is 3.01. The normalized spacial score (nSPS) is 18.5. The molecule has 2 aromatic rings. The minimum atomic E-state index is 0.0458. The van der Waals surface area contributed by atoms with Crippen molar-refractivity contribution in [2.45, 2.75) is 18.9 Å². The standard InChI is InChI=1S/C15H17BrN4O/c16-12-3-1-4-13(7-12)19-14-5-2-6-20(10-14)15(21)11-8-17-18-9-11/h1,3-4,7-9,14,19H,2,5-6,10H2,(H,17,18)/t14-/m0/s1. The first-order valence-electron chi connectivity index (χ1n) is 7.02. The maximum absolute atomic E-state index is 12.3. The van der Waals surface area contributed by atoms with Gasteiger partial charge in [0.05, 0.1) is 11.8 Å². The number of amides is 1. The van der Waals surface area contributed by atoms with Crippen LogP contribution in [0.15, 0.2) is 41.1 Å². The van der Waals surface area contributed by atoms with E-state index in [1.54, 1.807) is 12.4 Å². The van der Waals surface area contributed by atoms with E-state index in [0.29, 0.717) is 5.56 Å². The summed E-state index contributed by atoms with van der Waals surface area (Å²) < 4.78 is 1.05. The Morgan fingerprint density at radius 3 is 3.14 bits per heavy atom. The van der Waals surface area contributed by atoms with Crippen molar-refractivity contribution in [2.24, 2.45) is 0 Å². The molecule has 0 saturated carbocycles. The van der Waals surface area contributed by atoms with Gasteiger partial charge >= 0.3 is 0 Å². The van der Waals surface area contributed by atoms with Crippen LogP contribution in [0.1, 0.15) is 23.2 Å². The van der Waals surface area contributed by atoms with Crippen LogP contribution in [0.25, 0.3) is 0 Å². The van der Waals surface area contributed by atoms with E-state index in [1.165, 1.54) is 0 Å². The number of carbonyl (C=O) groups is 1. The summed E-state index contributed by atoms with van der Waals surface area (Å²) in [5, 5.41) is 10.0. The second-order valence-corrected chi connectivity index (χ2v) is 6.15. The van der Waals surface area contributed by atoms with E-state index in [-0.39, 0.29) is 11.9 Å². The molecule has 0 bridgehead atoms. The van der Waals surface area contributed by atoms with Crippen molar-refractivity contribution in [3.8, 4) is 0 Å². The van der Waals surface area contributed by atoms with Gasteiger partial charge in [0.25, 0.3) is 5.91 Å². The minimum absolute atomic E-state index is 0.0458. The van der Waals surface area contributed by atoms with Crippen LogP contribution >= 0.6 is 15.9 Å². The Hall–Kier alpha value is -1.82. The molecule has 0 spiro atoms. The summed E-state index contributed by atoms with van der Waals surface area (Å²) in [4.78, 5) is 14.2. The number of piperidine rings is 1. The number of nitrogens with one attached hydrogen (secondary N) is 2. The van der Waals surface area contributed by atoms with Gasteiger partial charge in [0.15, 0.2) is 0 Å². The van der Waals surface area contributed by atoms with Crippen LogP contribution < -0.4 is 5.32 Å². The summed E-state index contributed by atoms with van der Waals surface area (Å²) in [6.45, 7) is 1.53. The lowest BCUT2D eigenvalue weighted by Gasteiger charge is -2.33. The first-order chi connectivity index (χ1) is 10.2. The molecule has 3 rings (SSSR count). The molecule has 1 fully saturated rings. The van der Waals surface area contributed by atoms with E-state index in [9.17, 15) is 4.79 Å². The molecule has 2 heterocycles. The number of benzene rings is 1. The predicted octanol–water partition coefficient (Wildman–Crippen LogP) is 2.89. The molecule has 5 nitrogen and oxygen atoms in total. The molecule has 1 aliphatic rings. The van der Waals surface area contributed by atoms with Crippen molar-refractivity contribution in [1.29, 1.82) is 0 Å². The molecule has 1 amide bonds. The molecule has 110 valence electrons. The first kappa shape index (κ1) is 14.1. The Bertz CT molecular complexity index is 614. The number of halogens is 1. The van der Waals surface area contributed by atoms with Crippen LogP contribution in [0.5, 0.6) is 0 Å². The molecule has 0 radical (unpaired) electrons. The SMILES string of the molecule is O=C(c1cn[nH]c1)N1CCC[C@H](Nc2cccc(Br)c2)C1. The van der Waals surface area contributed by atoms with Gasteiger partial charge in [-0.15, -0.1) is 0 Å². The monoisotopic (exact) mass is 348 g/mol. The van der Waals surface area contributed by atoms with E-state index in [2.05, 4.69) is 37.5 Å². The predicted molar refractivity (Wildman–Crippen MR) is 85.3 cm³/mol. The number of aromatic nitrogens is 2. The van der Waals surface area contributed by atoms with Gasteiger partial charge in [0.1, 0.15) is 0 Å².